The number of carbonyl (C=O) groups excluding carboxylic acids is 3. The predicted molar refractivity (Wildman–Crippen MR) is 152 cm³/mol. The molecule has 0 spiro atoms. The summed E-state index contributed by atoms with van der Waals surface area (Å²) in [5.74, 6) is -9.04. The fourth-order valence-electron chi connectivity index (χ4n) is 6.52. The Morgan fingerprint density at radius 2 is 1.81 bits per heavy atom. The number of anilines is 2. The fourth-order valence-corrected chi connectivity index (χ4v) is 7.37. The second kappa shape index (κ2) is 9.51. The number of nitrogens with two attached hydrogens (primary N) is 1. The highest BCUT2D eigenvalue weighted by atomic mass is 32.1. The number of hydrogen-bond donors (Lipinski definition) is 7. The molecule has 0 bridgehead atoms. The van der Waals surface area contributed by atoms with Crippen molar-refractivity contribution >= 4 is 39.6 Å². The van der Waals surface area contributed by atoms with E-state index >= 15 is 0 Å². The van der Waals surface area contributed by atoms with Crippen molar-refractivity contribution in [3.8, 4) is 17.0 Å². The van der Waals surface area contributed by atoms with E-state index in [0.717, 1.165) is 16.1 Å². The molecule has 11 nitrogen and oxygen atoms in total. The Bertz CT molecular complexity index is 1760. The highest BCUT2D eigenvalue weighted by Crippen LogP contribution is 2.55. The predicted octanol–water partition coefficient (Wildman–Crippen LogP) is 3.29. The van der Waals surface area contributed by atoms with Crippen molar-refractivity contribution < 1.29 is 39.9 Å². The van der Waals surface area contributed by atoms with Crippen LogP contribution in [0, 0.1) is 18.8 Å². The number of phenolic OH excluding ortho intramolecular Hbond substituents is 1. The number of amides is 1. The monoisotopic (exact) mass is 589 g/mol. The summed E-state index contributed by atoms with van der Waals surface area (Å²) >= 11 is 1.35. The Balaban J connectivity index is 1.43. The first-order valence-electron chi connectivity index (χ1n) is 13.2. The van der Waals surface area contributed by atoms with Crippen LogP contribution in [0.2, 0.25) is 0 Å². The van der Waals surface area contributed by atoms with Crippen molar-refractivity contribution in [1.82, 2.24) is 4.98 Å². The van der Waals surface area contributed by atoms with Gasteiger partial charge < -0.3 is 36.6 Å². The molecule has 1 amide bonds. The van der Waals surface area contributed by atoms with Gasteiger partial charge in [0.25, 0.3) is 5.91 Å². The van der Waals surface area contributed by atoms with Gasteiger partial charge in [-0.15, -0.1) is 11.3 Å². The largest absolute Gasteiger partial charge is 0.511 e. The second-order valence-corrected chi connectivity index (χ2v) is 12.0. The van der Waals surface area contributed by atoms with Gasteiger partial charge in [0.05, 0.1) is 23.0 Å². The summed E-state index contributed by atoms with van der Waals surface area (Å²) < 4.78 is 0. The molecule has 6 rings (SSSR count). The molecule has 0 saturated carbocycles. The van der Waals surface area contributed by atoms with E-state index in [1.165, 1.54) is 11.3 Å². The molecule has 0 radical (unpaired) electrons. The summed E-state index contributed by atoms with van der Waals surface area (Å²) in [6, 6.07) is 12.7. The number of allylic oxidation sites excluding steroid dienone is 1. The third-order valence-electron chi connectivity index (χ3n) is 8.58. The number of hydrogen-bond acceptors (Lipinski definition) is 11. The van der Waals surface area contributed by atoms with Gasteiger partial charge >= 0.3 is 0 Å². The number of Topliss-reactive ketones (excluding diaryl/α,β-unsaturated/α-hetero) is 2. The van der Waals surface area contributed by atoms with Crippen LogP contribution in [0.25, 0.3) is 11.3 Å². The molecule has 1 aromatic heterocycles. The Morgan fingerprint density at radius 1 is 1.12 bits per heavy atom. The standard InChI is InChI=1S/C30H27N3O8S/c1-11-14-8-9-16(32-29-33-22(12(2)42-29)13-6-4-3-5-7-13)24(36)19(14)25(37)21-18(11)23(35)15-10-17(34)20(28(31)40)26(38)30(15,41)27(21)39/h3-9,11,15,18,23,34-36,39,41H,10H2,1-2H3,(H2,31,40)(H,32,33)/t11-,15+,18+,23+,30+/m0/s1. The maximum Gasteiger partial charge on any atom is 0.255 e. The number of aliphatic hydroxyl groups is 4. The summed E-state index contributed by atoms with van der Waals surface area (Å²) in [4.78, 5) is 44.6. The molecule has 3 aliphatic rings. The Kier molecular flexibility index (Phi) is 6.26. The lowest BCUT2D eigenvalue weighted by Gasteiger charge is -2.50. The van der Waals surface area contributed by atoms with Crippen molar-refractivity contribution in [2.75, 3.05) is 5.32 Å². The third-order valence-corrected chi connectivity index (χ3v) is 9.47. The molecular formula is C30H27N3O8S. The molecule has 3 aromatic rings. The topological polar surface area (TPSA) is 203 Å². The molecule has 0 saturated heterocycles. The van der Waals surface area contributed by atoms with Crippen LogP contribution in [0.15, 0.2) is 65.1 Å². The summed E-state index contributed by atoms with van der Waals surface area (Å²) in [5, 5.41) is 59.3. The van der Waals surface area contributed by atoms with Crippen LogP contribution in [0.5, 0.6) is 5.75 Å². The Hall–Kier alpha value is -4.52. The molecule has 8 N–H and O–H groups in total. The number of nitrogens with one attached hydrogen (secondary N) is 1. The first-order chi connectivity index (χ1) is 19.9. The van der Waals surface area contributed by atoms with E-state index in [1.807, 2.05) is 37.3 Å². The zero-order valence-corrected chi connectivity index (χ0v) is 23.3. The number of primary amides is 1. The minimum Gasteiger partial charge on any atom is -0.511 e. The van der Waals surface area contributed by atoms with Crippen LogP contribution < -0.4 is 11.1 Å². The van der Waals surface area contributed by atoms with Crippen molar-refractivity contribution in [1.29, 1.82) is 0 Å². The quantitative estimate of drug-likeness (QED) is 0.175. The van der Waals surface area contributed by atoms with Gasteiger partial charge in [0.2, 0.25) is 5.78 Å². The minimum atomic E-state index is -2.88. The number of aromatic nitrogens is 1. The van der Waals surface area contributed by atoms with Crippen molar-refractivity contribution in [3.05, 3.63) is 81.1 Å². The lowest BCUT2D eigenvalue weighted by molar-refractivity contribution is -0.154. The molecule has 3 aliphatic carbocycles. The van der Waals surface area contributed by atoms with Crippen molar-refractivity contribution in [2.45, 2.75) is 37.9 Å². The van der Waals surface area contributed by atoms with Gasteiger partial charge in [-0.2, -0.15) is 0 Å². The smallest absolute Gasteiger partial charge is 0.255 e. The number of fused-ring (bicyclic) bond motifs is 3. The van der Waals surface area contributed by atoms with Crippen LogP contribution in [0.4, 0.5) is 10.8 Å². The second-order valence-electron chi connectivity index (χ2n) is 10.8. The van der Waals surface area contributed by atoms with E-state index in [9.17, 15) is 39.9 Å². The van der Waals surface area contributed by atoms with Crippen molar-refractivity contribution in [3.63, 3.8) is 0 Å². The number of carbonyl (C=O) groups is 3. The third kappa shape index (κ3) is 3.72. The van der Waals surface area contributed by atoms with E-state index < -0.39 is 81.8 Å². The first kappa shape index (κ1) is 27.6. The van der Waals surface area contributed by atoms with Gasteiger partial charge in [0.15, 0.2) is 22.3 Å². The number of phenols is 1. The van der Waals surface area contributed by atoms with Gasteiger partial charge in [0, 0.05) is 34.3 Å². The van der Waals surface area contributed by atoms with Gasteiger partial charge in [-0.1, -0.05) is 43.3 Å². The number of aryl methyl sites for hydroxylation is 1. The van der Waals surface area contributed by atoms with E-state index in [-0.39, 0.29) is 11.3 Å². The van der Waals surface area contributed by atoms with Crippen LogP contribution in [-0.2, 0) is 9.59 Å². The minimum absolute atomic E-state index is 0.159. The molecule has 12 heteroatoms. The fraction of sp³-hybridized carbons (Fsp3) is 0.267. The molecule has 216 valence electrons. The lowest BCUT2D eigenvalue weighted by Crippen LogP contribution is -2.62. The summed E-state index contributed by atoms with van der Waals surface area (Å²) in [7, 11) is 0. The number of benzene rings is 2. The lowest BCUT2D eigenvalue weighted by atomic mass is 9.56. The van der Waals surface area contributed by atoms with Crippen molar-refractivity contribution in [2.24, 2.45) is 17.6 Å². The van der Waals surface area contributed by atoms with Crippen LogP contribution >= 0.6 is 11.3 Å². The molecule has 0 fully saturated rings. The normalized spacial score (nSPS) is 27.0. The van der Waals surface area contributed by atoms with Gasteiger partial charge in [-0.3, -0.25) is 14.4 Å². The number of aromatic hydroxyl groups is 1. The van der Waals surface area contributed by atoms with Gasteiger partial charge in [0.1, 0.15) is 17.1 Å². The number of thiazole rings is 1. The van der Waals surface area contributed by atoms with Crippen LogP contribution in [0.1, 0.15) is 40.1 Å². The number of aliphatic hydroxyl groups excluding tert-OH is 3. The molecule has 1 heterocycles. The van der Waals surface area contributed by atoms with E-state index in [4.69, 9.17) is 5.73 Å². The highest BCUT2D eigenvalue weighted by Gasteiger charge is 2.64. The molecule has 2 aromatic carbocycles. The van der Waals surface area contributed by atoms with Gasteiger partial charge in [-0.05, 0) is 24.5 Å². The molecular weight excluding hydrogens is 562 g/mol. The molecule has 42 heavy (non-hydrogen) atoms. The Labute approximate surface area is 243 Å². The van der Waals surface area contributed by atoms with E-state index in [1.54, 1.807) is 19.1 Å². The zero-order chi connectivity index (χ0) is 30.2. The molecule has 0 unspecified atom stereocenters. The van der Waals surface area contributed by atoms with Crippen LogP contribution in [0.3, 0.4) is 0 Å². The van der Waals surface area contributed by atoms with E-state index in [2.05, 4.69) is 10.3 Å². The maximum absolute atomic E-state index is 13.9. The molecule has 0 aliphatic heterocycles. The number of rotatable bonds is 4. The maximum atomic E-state index is 13.9. The average Bonchev–Trinajstić information content (AvgIpc) is 3.32. The first-order valence-corrected chi connectivity index (χ1v) is 14.0. The SMILES string of the molecule is Cc1sc(Nc2ccc3c(c2O)C(=O)C2=C(O)[C@]4(O)C(=O)C(C(N)=O)=C(O)C[C@@H]4[C@@H](O)[C@@H]2[C@H]3C)nc1-c1ccccc1. The Morgan fingerprint density at radius 3 is 2.48 bits per heavy atom. The number of nitrogens with zero attached hydrogens (tertiary/aromatic N) is 1. The van der Waals surface area contributed by atoms with Gasteiger partial charge in [-0.25, -0.2) is 4.98 Å². The number of ketones is 2. The summed E-state index contributed by atoms with van der Waals surface area (Å²) in [5.41, 5.74) is 3.03. The van der Waals surface area contributed by atoms with Crippen LogP contribution in [-0.4, -0.2) is 59.7 Å². The molecule has 5 atom stereocenters. The average molecular weight is 590 g/mol. The summed E-state index contributed by atoms with van der Waals surface area (Å²) in [6.07, 6.45) is -2.11. The van der Waals surface area contributed by atoms with E-state index in [0.29, 0.717) is 10.7 Å². The highest BCUT2D eigenvalue weighted by molar-refractivity contribution is 7.16. The summed E-state index contributed by atoms with van der Waals surface area (Å²) in [6.45, 7) is 3.59. The zero-order valence-electron chi connectivity index (χ0n) is 22.5.